The summed E-state index contributed by atoms with van der Waals surface area (Å²) < 4.78 is 0.978. The van der Waals surface area contributed by atoms with Crippen LogP contribution in [-0.4, -0.2) is 40.4 Å². The number of pyridine rings is 1. The van der Waals surface area contributed by atoms with Gasteiger partial charge in [-0.3, -0.25) is 4.79 Å². The molecule has 2 aromatic rings. The predicted molar refractivity (Wildman–Crippen MR) is 86.1 cm³/mol. The molecule has 0 fully saturated rings. The summed E-state index contributed by atoms with van der Waals surface area (Å²) >= 11 is 3.26. The zero-order chi connectivity index (χ0) is 15.1. The highest BCUT2D eigenvalue weighted by Crippen LogP contribution is 2.21. The molecule has 6 nitrogen and oxygen atoms in total. The zero-order valence-corrected chi connectivity index (χ0v) is 13.6. The van der Waals surface area contributed by atoms with Gasteiger partial charge in [0.15, 0.2) is 4.34 Å². The van der Waals surface area contributed by atoms with Crippen molar-refractivity contribution in [2.45, 2.75) is 17.7 Å². The highest BCUT2D eigenvalue weighted by atomic mass is 32.2. The Morgan fingerprint density at radius 1 is 1.43 bits per heavy atom. The molecule has 0 saturated carbocycles. The fourth-order valence-electron chi connectivity index (χ4n) is 1.58. The van der Waals surface area contributed by atoms with Gasteiger partial charge in [-0.05, 0) is 25.5 Å². The molecule has 0 atom stereocenters. The lowest BCUT2D eigenvalue weighted by Gasteiger charge is -2.06. The molecule has 0 aliphatic rings. The minimum atomic E-state index is -0.0781. The largest absolute Gasteiger partial charge is 0.373 e. The summed E-state index contributed by atoms with van der Waals surface area (Å²) in [6.45, 7) is 2.58. The zero-order valence-electron chi connectivity index (χ0n) is 11.9. The normalized spacial score (nSPS) is 10.4. The van der Waals surface area contributed by atoms with Crippen LogP contribution in [0.4, 0.5) is 5.82 Å². The predicted octanol–water partition coefficient (Wildman–Crippen LogP) is 2.20. The van der Waals surface area contributed by atoms with Crippen LogP contribution in [0.2, 0.25) is 0 Å². The quantitative estimate of drug-likeness (QED) is 0.600. The first-order valence-electron chi connectivity index (χ1n) is 6.54. The maximum absolute atomic E-state index is 12.0. The number of hydrogen-bond acceptors (Lipinski definition) is 7. The van der Waals surface area contributed by atoms with E-state index in [9.17, 15) is 4.79 Å². The van der Waals surface area contributed by atoms with Crippen LogP contribution in [-0.2, 0) is 0 Å². The molecule has 112 valence electrons. The molecule has 2 rings (SSSR count). The maximum atomic E-state index is 12.0. The summed E-state index contributed by atoms with van der Waals surface area (Å²) in [4.78, 5) is 16.0. The third-order valence-corrected chi connectivity index (χ3v) is 4.68. The van der Waals surface area contributed by atoms with E-state index in [1.54, 1.807) is 48.5 Å². The molecule has 0 aliphatic carbocycles. The van der Waals surface area contributed by atoms with Gasteiger partial charge < -0.3 is 10.6 Å². The van der Waals surface area contributed by atoms with Crippen molar-refractivity contribution in [1.82, 2.24) is 20.5 Å². The number of aromatic nitrogens is 3. The molecular weight excluding hydrogens is 306 g/mol. The Balaban J connectivity index is 1.69. The first kappa shape index (κ1) is 15.7. The Labute approximate surface area is 131 Å². The summed E-state index contributed by atoms with van der Waals surface area (Å²) in [5.41, 5.74) is 0.613. The summed E-state index contributed by atoms with van der Waals surface area (Å²) in [5, 5.41) is 14.8. The second-order valence-electron chi connectivity index (χ2n) is 4.22. The van der Waals surface area contributed by atoms with E-state index in [-0.39, 0.29) is 5.91 Å². The number of hydrogen-bond donors (Lipinski definition) is 2. The van der Waals surface area contributed by atoms with Crippen LogP contribution in [0.15, 0.2) is 22.7 Å². The monoisotopic (exact) mass is 323 g/mol. The molecule has 0 aliphatic heterocycles. The second kappa shape index (κ2) is 7.94. The molecule has 0 unspecified atom stereocenters. The van der Waals surface area contributed by atoms with Crippen molar-refractivity contribution in [1.29, 1.82) is 0 Å². The van der Waals surface area contributed by atoms with Crippen LogP contribution in [0, 0.1) is 6.92 Å². The van der Waals surface area contributed by atoms with Crippen LogP contribution in [0.5, 0.6) is 0 Å². The fourth-order valence-corrected chi connectivity index (χ4v) is 3.41. The topological polar surface area (TPSA) is 79.8 Å². The van der Waals surface area contributed by atoms with Gasteiger partial charge in [0, 0.05) is 31.1 Å². The van der Waals surface area contributed by atoms with Crippen molar-refractivity contribution < 1.29 is 4.79 Å². The van der Waals surface area contributed by atoms with Crippen molar-refractivity contribution in [2.75, 3.05) is 24.7 Å². The Morgan fingerprint density at radius 2 is 2.29 bits per heavy atom. The number of thioether (sulfide) groups is 1. The van der Waals surface area contributed by atoms with E-state index in [1.165, 1.54) is 0 Å². The van der Waals surface area contributed by atoms with E-state index in [2.05, 4.69) is 25.8 Å². The molecule has 0 bridgehead atoms. The third-order valence-electron chi connectivity index (χ3n) is 2.62. The van der Waals surface area contributed by atoms with Gasteiger partial charge in [-0.15, -0.1) is 10.2 Å². The summed E-state index contributed by atoms with van der Waals surface area (Å²) in [5.74, 6) is 1.52. The van der Waals surface area contributed by atoms with E-state index in [4.69, 9.17) is 0 Å². The average Bonchev–Trinajstić information content (AvgIpc) is 2.92. The average molecular weight is 323 g/mol. The number of aryl methyl sites for hydroxylation is 1. The third kappa shape index (κ3) is 4.98. The van der Waals surface area contributed by atoms with Gasteiger partial charge in [-0.25, -0.2) is 4.98 Å². The number of nitrogens with one attached hydrogen (secondary N) is 2. The molecule has 21 heavy (non-hydrogen) atoms. The van der Waals surface area contributed by atoms with E-state index in [1.807, 2.05) is 6.92 Å². The lowest BCUT2D eigenvalue weighted by molar-refractivity contribution is 0.0953. The van der Waals surface area contributed by atoms with E-state index in [0.717, 1.165) is 21.5 Å². The molecule has 1 amide bonds. The minimum absolute atomic E-state index is 0.0781. The summed E-state index contributed by atoms with van der Waals surface area (Å²) in [7, 11) is 1.77. The van der Waals surface area contributed by atoms with Gasteiger partial charge in [0.1, 0.15) is 10.8 Å². The summed E-state index contributed by atoms with van der Waals surface area (Å²) in [6.07, 6.45) is 2.51. The van der Waals surface area contributed by atoms with Crippen molar-refractivity contribution in [3.05, 3.63) is 28.9 Å². The molecule has 0 saturated heterocycles. The Bertz CT molecular complexity index is 602. The van der Waals surface area contributed by atoms with Crippen LogP contribution >= 0.6 is 23.1 Å². The molecule has 2 N–H and O–H groups in total. The molecular formula is C13H17N5OS2. The molecule has 2 aromatic heterocycles. The van der Waals surface area contributed by atoms with Crippen LogP contribution < -0.4 is 10.6 Å². The van der Waals surface area contributed by atoms with Gasteiger partial charge in [0.25, 0.3) is 5.91 Å². The first-order valence-corrected chi connectivity index (χ1v) is 8.34. The number of nitrogens with zero attached hydrogens (tertiary/aromatic N) is 3. The smallest absolute Gasteiger partial charge is 0.251 e. The number of amides is 1. The second-order valence-corrected chi connectivity index (χ2v) is 6.75. The molecule has 0 radical (unpaired) electrons. The number of anilines is 1. The van der Waals surface area contributed by atoms with Gasteiger partial charge in [0.2, 0.25) is 0 Å². The highest BCUT2D eigenvalue weighted by Gasteiger charge is 2.06. The van der Waals surface area contributed by atoms with Crippen molar-refractivity contribution in [2.24, 2.45) is 0 Å². The van der Waals surface area contributed by atoms with Crippen LogP contribution in [0.3, 0.4) is 0 Å². The van der Waals surface area contributed by atoms with Gasteiger partial charge in [-0.1, -0.05) is 23.1 Å². The highest BCUT2D eigenvalue weighted by molar-refractivity contribution is 8.01. The van der Waals surface area contributed by atoms with Gasteiger partial charge in [0.05, 0.1) is 0 Å². The Kier molecular flexibility index (Phi) is 5.94. The van der Waals surface area contributed by atoms with Crippen LogP contribution in [0.1, 0.15) is 21.8 Å². The molecule has 0 spiro atoms. The van der Waals surface area contributed by atoms with Gasteiger partial charge in [-0.2, -0.15) is 0 Å². The van der Waals surface area contributed by atoms with Crippen molar-refractivity contribution in [3.8, 4) is 0 Å². The van der Waals surface area contributed by atoms with Crippen molar-refractivity contribution >= 4 is 34.8 Å². The number of rotatable bonds is 7. The Morgan fingerprint density at radius 3 is 3.00 bits per heavy atom. The van der Waals surface area contributed by atoms with Crippen molar-refractivity contribution in [3.63, 3.8) is 0 Å². The van der Waals surface area contributed by atoms with E-state index in [0.29, 0.717) is 17.9 Å². The van der Waals surface area contributed by atoms with Gasteiger partial charge >= 0.3 is 0 Å². The molecule has 2 heterocycles. The fraction of sp³-hybridized carbons (Fsp3) is 0.385. The van der Waals surface area contributed by atoms with E-state index >= 15 is 0 Å². The lowest BCUT2D eigenvalue weighted by Crippen LogP contribution is -2.24. The first-order chi connectivity index (χ1) is 10.2. The Hall–Kier alpha value is -1.67. The lowest BCUT2D eigenvalue weighted by atomic mass is 10.2. The summed E-state index contributed by atoms with van der Waals surface area (Å²) in [6, 6.07) is 3.43. The number of carbonyl (C=O) groups excluding carboxylic acids is 1. The minimum Gasteiger partial charge on any atom is -0.373 e. The van der Waals surface area contributed by atoms with Crippen LogP contribution in [0.25, 0.3) is 0 Å². The molecule has 0 aromatic carbocycles. The SMILES string of the molecule is CNc1cc(C(=O)NCCCSc2nnc(C)s2)ccn1. The standard InChI is InChI=1S/C13H17N5OS2/c1-9-17-18-13(21-9)20-7-3-5-16-12(19)10-4-6-15-11(8-10)14-2/h4,6,8H,3,5,7H2,1-2H3,(H,14,15)(H,16,19). The number of carbonyl (C=O) groups is 1. The van der Waals surface area contributed by atoms with E-state index < -0.39 is 0 Å². The maximum Gasteiger partial charge on any atom is 0.251 e. The molecule has 8 heteroatoms.